The van der Waals surface area contributed by atoms with Crippen molar-refractivity contribution < 1.29 is 4.39 Å². The van der Waals surface area contributed by atoms with Crippen molar-refractivity contribution in [2.24, 2.45) is 11.7 Å². The topological polar surface area (TPSA) is 29.3 Å². The van der Waals surface area contributed by atoms with Crippen LogP contribution >= 0.6 is 0 Å². The van der Waals surface area contributed by atoms with Crippen LogP contribution in [-0.4, -0.2) is 30.1 Å². The van der Waals surface area contributed by atoms with Crippen LogP contribution in [-0.2, 0) is 6.42 Å². The molecule has 0 saturated heterocycles. The Hall–Kier alpha value is -0.930. The molecule has 1 aromatic carbocycles. The molecule has 0 spiro atoms. The van der Waals surface area contributed by atoms with Gasteiger partial charge in [-0.25, -0.2) is 4.39 Å². The van der Waals surface area contributed by atoms with Gasteiger partial charge in [-0.3, -0.25) is 4.90 Å². The molecule has 1 rings (SSSR count). The third kappa shape index (κ3) is 5.08. The fourth-order valence-corrected chi connectivity index (χ4v) is 2.94. The Bertz CT molecular complexity index is 400. The summed E-state index contributed by atoms with van der Waals surface area (Å²) in [7, 11) is 0. The Morgan fingerprint density at radius 1 is 1.14 bits per heavy atom. The van der Waals surface area contributed by atoms with E-state index in [0.29, 0.717) is 12.5 Å². The average molecular weight is 294 g/mol. The number of nitrogens with two attached hydrogens (primary N) is 1. The summed E-state index contributed by atoms with van der Waals surface area (Å²) >= 11 is 0. The molecule has 0 amide bonds. The van der Waals surface area contributed by atoms with Crippen LogP contribution < -0.4 is 5.73 Å². The quantitative estimate of drug-likeness (QED) is 0.749. The number of likely N-dealkylation sites (N-methyl/N-ethyl adjacent to an activating group) is 1. The highest BCUT2D eigenvalue weighted by Gasteiger charge is 2.30. The normalized spacial score (nSPS) is 14.7. The second-order valence-electron chi connectivity index (χ2n) is 6.23. The molecule has 1 unspecified atom stereocenters. The zero-order valence-corrected chi connectivity index (χ0v) is 14.0. The standard InChI is InChI=1S/C18H31FN2/c1-5-15(6-2)13-21(7-3)18(4,14-20)12-16-8-10-17(19)11-9-16/h8-11,15H,5-7,12-14,20H2,1-4H3. The molecule has 0 aliphatic rings. The lowest BCUT2D eigenvalue weighted by Gasteiger charge is -2.42. The summed E-state index contributed by atoms with van der Waals surface area (Å²) in [5.74, 6) is 0.529. The maximum absolute atomic E-state index is 13.1. The second kappa shape index (κ2) is 8.50. The van der Waals surface area contributed by atoms with Gasteiger partial charge in [-0.2, -0.15) is 0 Å². The first kappa shape index (κ1) is 18.1. The maximum Gasteiger partial charge on any atom is 0.123 e. The number of benzene rings is 1. The predicted molar refractivity (Wildman–Crippen MR) is 88.9 cm³/mol. The first-order valence-corrected chi connectivity index (χ1v) is 8.18. The number of hydrogen-bond donors (Lipinski definition) is 1. The third-order valence-corrected chi connectivity index (χ3v) is 4.72. The van der Waals surface area contributed by atoms with E-state index >= 15 is 0 Å². The minimum Gasteiger partial charge on any atom is -0.329 e. The van der Waals surface area contributed by atoms with E-state index in [-0.39, 0.29) is 11.4 Å². The summed E-state index contributed by atoms with van der Waals surface area (Å²) in [4.78, 5) is 2.49. The Morgan fingerprint density at radius 3 is 2.14 bits per heavy atom. The van der Waals surface area contributed by atoms with Crippen molar-refractivity contribution >= 4 is 0 Å². The highest BCUT2D eigenvalue weighted by Crippen LogP contribution is 2.23. The molecule has 0 aromatic heterocycles. The molecule has 3 heteroatoms. The summed E-state index contributed by atoms with van der Waals surface area (Å²) in [6.07, 6.45) is 3.26. The molecule has 2 N–H and O–H groups in total. The van der Waals surface area contributed by atoms with Crippen molar-refractivity contribution in [1.82, 2.24) is 4.90 Å². The smallest absolute Gasteiger partial charge is 0.123 e. The molecule has 0 radical (unpaired) electrons. The van der Waals surface area contributed by atoms with Crippen LogP contribution in [0.5, 0.6) is 0 Å². The molecule has 0 saturated carbocycles. The lowest BCUT2D eigenvalue weighted by molar-refractivity contribution is 0.0936. The summed E-state index contributed by atoms with van der Waals surface area (Å²) < 4.78 is 13.1. The minimum absolute atomic E-state index is 0.0742. The van der Waals surface area contributed by atoms with Crippen molar-refractivity contribution in [3.63, 3.8) is 0 Å². The van der Waals surface area contributed by atoms with Crippen LogP contribution in [0.1, 0.15) is 46.1 Å². The van der Waals surface area contributed by atoms with Gasteiger partial charge in [0.05, 0.1) is 0 Å². The summed E-state index contributed by atoms with van der Waals surface area (Å²) in [5, 5.41) is 0. The molecule has 1 aromatic rings. The zero-order valence-electron chi connectivity index (χ0n) is 14.0. The van der Waals surface area contributed by atoms with Gasteiger partial charge in [0.2, 0.25) is 0 Å². The van der Waals surface area contributed by atoms with Gasteiger partial charge in [0.15, 0.2) is 0 Å². The van der Waals surface area contributed by atoms with Crippen LogP contribution in [0.3, 0.4) is 0 Å². The highest BCUT2D eigenvalue weighted by molar-refractivity contribution is 5.19. The van der Waals surface area contributed by atoms with Crippen molar-refractivity contribution in [3.05, 3.63) is 35.6 Å². The molecule has 21 heavy (non-hydrogen) atoms. The molecular formula is C18H31FN2. The van der Waals surface area contributed by atoms with E-state index < -0.39 is 0 Å². The van der Waals surface area contributed by atoms with Gasteiger partial charge in [-0.1, -0.05) is 45.7 Å². The highest BCUT2D eigenvalue weighted by atomic mass is 19.1. The molecular weight excluding hydrogens is 263 g/mol. The van der Waals surface area contributed by atoms with E-state index in [2.05, 4.69) is 32.6 Å². The van der Waals surface area contributed by atoms with Crippen LogP contribution in [0.25, 0.3) is 0 Å². The maximum atomic E-state index is 13.1. The molecule has 120 valence electrons. The van der Waals surface area contributed by atoms with E-state index in [4.69, 9.17) is 5.73 Å². The monoisotopic (exact) mass is 294 g/mol. The first-order chi connectivity index (χ1) is 9.98. The van der Waals surface area contributed by atoms with E-state index in [1.807, 2.05) is 12.1 Å². The number of halogens is 1. The fraction of sp³-hybridized carbons (Fsp3) is 0.667. The lowest BCUT2D eigenvalue weighted by Crippen LogP contribution is -2.54. The minimum atomic E-state index is -0.183. The molecule has 0 aliphatic heterocycles. The van der Waals surface area contributed by atoms with Crippen molar-refractivity contribution in [1.29, 1.82) is 0 Å². The second-order valence-corrected chi connectivity index (χ2v) is 6.23. The summed E-state index contributed by atoms with van der Waals surface area (Å²) in [6, 6.07) is 6.80. The van der Waals surface area contributed by atoms with Gasteiger partial charge in [0.25, 0.3) is 0 Å². The molecule has 0 fully saturated rings. The summed E-state index contributed by atoms with van der Waals surface area (Å²) in [5.41, 5.74) is 7.18. The zero-order chi connectivity index (χ0) is 15.9. The van der Waals surface area contributed by atoms with Crippen molar-refractivity contribution in [2.45, 2.75) is 52.5 Å². The Kier molecular flexibility index (Phi) is 7.33. The van der Waals surface area contributed by atoms with Crippen LogP contribution in [0.4, 0.5) is 4.39 Å². The van der Waals surface area contributed by atoms with E-state index in [1.165, 1.54) is 25.0 Å². The van der Waals surface area contributed by atoms with Gasteiger partial charge in [-0.15, -0.1) is 0 Å². The fourth-order valence-electron chi connectivity index (χ4n) is 2.94. The van der Waals surface area contributed by atoms with E-state index in [1.54, 1.807) is 0 Å². The van der Waals surface area contributed by atoms with Gasteiger partial charge in [0, 0.05) is 18.6 Å². The van der Waals surface area contributed by atoms with Crippen molar-refractivity contribution in [3.8, 4) is 0 Å². The van der Waals surface area contributed by atoms with Gasteiger partial charge >= 0.3 is 0 Å². The Morgan fingerprint density at radius 2 is 1.71 bits per heavy atom. The number of rotatable bonds is 9. The van der Waals surface area contributed by atoms with Gasteiger partial charge in [0.1, 0.15) is 5.82 Å². The Balaban J connectivity index is 2.86. The lowest BCUT2D eigenvalue weighted by atomic mass is 9.89. The SMILES string of the molecule is CCC(CC)CN(CC)C(C)(CN)Cc1ccc(F)cc1. The first-order valence-electron chi connectivity index (χ1n) is 8.18. The van der Waals surface area contributed by atoms with Crippen LogP contribution in [0, 0.1) is 11.7 Å². The molecule has 0 aliphatic carbocycles. The summed E-state index contributed by atoms with van der Waals surface area (Å²) in [6.45, 7) is 11.6. The predicted octanol–water partition coefficient (Wildman–Crippen LogP) is 3.84. The van der Waals surface area contributed by atoms with Crippen LogP contribution in [0.2, 0.25) is 0 Å². The molecule has 1 atom stereocenters. The molecule has 2 nitrogen and oxygen atoms in total. The molecule has 0 bridgehead atoms. The van der Waals surface area contributed by atoms with Crippen molar-refractivity contribution in [2.75, 3.05) is 19.6 Å². The number of hydrogen-bond acceptors (Lipinski definition) is 2. The van der Waals surface area contributed by atoms with Gasteiger partial charge < -0.3 is 5.73 Å². The van der Waals surface area contributed by atoms with E-state index in [9.17, 15) is 4.39 Å². The Labute approximate surface area is 129 Å². The largest absolute Gasteiger partial charge is 0.329 e. The van der Waals surface area contributed by atoms with Crippen LogP contribution in [0.15, 0.2) is 24.3 Å². The molecule has 0 heterocycles. The van der Waals surface area contributed by atoms with E-state index in [0.717, 1.165) is 25.1 Å². The number of nitrogens with zero attached hydrogens (tertiary/aromatic N) is 1. The van der Waals surface area contributed by atoms with Gasteiger partial charge in [-0.05, 0) is 43.5 Å². The third-order valence-electron chi connectivity index (χ3n) is 4.72. The average Bonchev–Trinajstić information content (AvgIpc) is 2.50.